The molecule has 0 atom stereocenters. The third-order valence-electron chi connectivity index (χ3n) is 2.48. The van der Waals surface area contributed by atoms with Gasteiger partial charge in [-0.2, -0.15) is 10.2 Å². The minimum Gasteiger partial charge on any atom is -0.457 e. The van der Waals surface area contributed by atoms with E-state index in [1.165, 1.54) is 9.36 Å². The second-order valence-electron chi connectivity index (χ2n) is 4.90. The van der Waals surface area contributed by atoms with Gasteiger partial charge in [-0.1, -0.05) is 0 Å². The molecule has 2 aromatic rings. The van der Waals surface area contributed by atoms with E-state index in [9.17, 15) is 0 Å². The van der Waals surface area contributed by atoms with Gasteiger partial charge in [0.25, 0.3) is 0 Å². The van der Waals surface area contributed by atoms with Gasteiger partial charge >= 0.3 is 16.5 Å². The molecule has 2 aromatic heterocycles. The molecule has 0 aromatic carbocycles. The Hall–Kier alpha value is -3.83. The van der Waals surface area contributed by atoms with Crippen LogP contribution in [0.3, 0.4) is 0 Å². The van der Waals surface area contributed by atoms with Crippen LogP contribution in [-0.2, 0) is 27.4 Å². The van der Waals surface area contributed by atoms with E-state index in [4.69, 9.17) is 52.9 Å². The third-order valence-corrected chi connectivity index (χ3v) is 2.48. The fraction of sp³-hybridized carbons (Fsp3) is 0.333. The van der Waals surface area contributed by atoms with Crippen molar-refractivity contribution in [1.82, 2.24) is 19.6 Å². The summed E-state index contributed by atoms with van der Waals surface area (Å²) in [5.74, 6) is -0.0730. The van der Waals surface area contributed by atoms with Gasteiger partial charge in [0.15, 0.2) is 0 Å². The minimum absolute atomic E-state index is 0. The van der Waals surface area contributed by atoms with Gasteiger partial charge in [0.2, 0.25) is 11.9 Å². The fourth-order valence-electron chi connectivity index (χ4n) is 1.75. The van der Waals surface area contributed by atoms with Crippen molar-refractivity contribution in [3.63, 3.8) is 0 Å². The Morgan fingerprint density at radius 2 is 1.00 bits per heavy atom. The summed E-state index contributed by atoms with van der Waals surface area (Å²) < 4.78 is 2.80. The summed E-state index contributed by atoms with van der Waals surface area (Å²) in [5, 5.41) is 51.6. The number of aromatic nitrogens is 4. The Labute approximate surface area is 185 Å². The van der Waals surface area contributed by atoms with Crippen LogP contribution in [0.1, 0.15) is 22.8 Å². The first-order valence-corrected chi connectivity index (χ1v) is 7.07. The average molecular weight is 497 g/mol. The number of rotatable bonds is 0. The Kier molecular flexibility index (Phi) is 22.3. The smallest absolute Gasteiger partial charge is 0.457 e. The second kappa shape index (κ2) is 18.2. The maximum atomic E-state index is 8.25. The third kappa shape index (κ3) is 19.3. The van der Waals surface area contributed by atoms with Gasteiger partial charge in [0, 0.05) is 11.4 Å². The zero-order valence-electron chi connectivity index (χ0n) is 16.9. The van der Waals surface area contributed by atoms with Crippen LogP contribution in [0, 0.1) is 69.2 Å². The van der Waals surface area contributed by atoms with Gasteiger partial charge in [-0.05, 0) is 39.8 Å². The summed E-state index contributed by atoms with van der Waals surface area (Å²) in [5.41, 5.74) is 14.0. The van der Waals surface area contributed by atoms with Gasteiger partial charge in [0.1, 0.15) is 0 Å². The molecule has 0 aliphatic heterocycles. The SMILES string of the molecule is Cc1cc(C)n(C(=N)N)n1.Cc1cc(C)n(C(=N)N)n1.O=[N+]([O-])[O-].O=[N+]([O-])[O-].[Ni+2].[OH3+].[OH3+]. The maximum absolute atomic E-state index is 8.25. The summed E-state index contributed by atoms with van der Waals surface area (Å²) in [6.45, 7) is 7.46. The van der Waals surface area contributed by atoms with Gasteiger partial charge < -0.3 is 53.1 Å². The Morgan fingerprint density at radius 3 is 1.06 bits per heavy atom. The normalized spacial score (nSPS) is 7.87. The van der Waals surface area contributed by atoms with Crippen molar-refractivity contribution in [2.45, 2.75) is 27.7 Å². The Bertz CT molecular complexity index is 761. The molecule has 18 nitrogen and oxygen atoms in total. The van der Waals surface area contributed by atoms with Crippen LogP contribution in [0.4, 0.5) is 0 Å². The van der Waals surface area contributed by atoms with Crippen molar-refractivity contribution in [1.29, 1.82) is 10.8 Å². The van der Waals surface area contributed by atoms with E-state index >= 15 is 0 Å². The monoisotopic (exact) mass is 496 g/mol. The molecule has 12 N–H and O–H groups in total. The summed E-state index contributed by atoms with van der Waals surface area (Å²) in [7, 11) is 0. The zero-order chi connectivity index (χ0) is 22.6. The molecule has 0 saturated carbocycles. The van der Waals surface area contributed by atoms with E-state index < -0.39 is 10.2 Å². The van der Waals surface area contributed by atoms with E-state index in [1.807, 2.05) is 39.8 Å². The largest absolute Gasteiger partial charge is 2.00 e. The molecule has 19 heteroatoms. The van der Waals surface area contributed by atoms with Crippen LogP contribution in [0.5, 0.6) is 0 Å². The molecule has 2 rings (SSSR count). The zero-order valence-corrected chi connectivity index (χ0v) is 17.9. The first-order valence-electron chi connectivity index (χ1n) is 7.07. The van der Waals surface area contributed by atoms with Crippen molar-refractivity contribution in [3.05, 3.63) is 65.6 Å². The van der Waals surface area contributed by atoms with Crippen LogP contribution >= 0.6 is 0 Å². The molecule has 0 saturated heterocycles. The van der Waals surface area contributed by atoms with Gasteiger partial charge in [-0.3, -0.25) is 10.8 Å². The summed E-state index contributed by atoms with van der Waals surface area (Å²) in [6.07, 6.45) is 0. The predicted octanol–water partition coefficient (Wildman–Crippen LogP) is -1.84. The minimum atomic E-state index is -1.75. The first-order chi connectivity index (χ1) is 12.7. The van der Waals surface area contributed by atoms with Crippen LogP contribution in [0.25, 0.3) is 0 Å². The Morgan fingerprint density at radius 1 is 0.806 bits per heavy atom. The van der Waals surface area contributed by atoms with Crippen LogP contribution in [0.2, 0.25) is 0 Å². The molecule has 0 amide bonds. The van der Waals surface area contributed by atoms with Gasteiger partial charge in [-0.15, -0.1) is 0 Å². The Balaban J connectivity index is -0.000000102. The van der Waals surface area contributed by atoms with E-state index in [-0.39, 0.29) is 39.4 Å². The van der Waals surface area contributed by atoms with E-state index in [0.717, 1.165) is 22.8 Å². The molecule has 0 aliphatic carbocycles. The number of nitrogens with two attached hydrogens (primary N) is 2. The predicted molar refractivity (Wildman–Crippen MR) is 108 cm³/mol. The molecular weight excluding hydrogens is 471 g/mol. The van der Waals surface area contributed by atoms with Crippen molar-refractivity contribution >= 4 is 11.9 Å². The fourth-order valence-corrected chi connectivity index (χ4v) is 1.75. The van der Waals surface area contributed by atoms with Crippen molar-refractivity contribution in [2.75, 3.05) is 0 Å². The van der Waals surface area contributed by atoms with Crippen LogP contribution < -0.4 is 11.5 Å². The standard InChI is InChI=1S/2C6H10N4.2NO3.Ni.2H2O/c2*1-4-3-5(2)10(9-4)6(7)8;2*2-1(3)4;;;/h2*3H,1-2H3,(H3,7,8);;;;2*1H2/q;;2*-1;+2;;/p+2. The molecule has 2 heterocycles. The number of hydrogen-bond acceptors (Lipinski definition) is 10. The van der Waals surface area contributed by atoms with E-state index in [1.54, 1.807) is 0 Å². The van der Waals surface area contributed by atoms with Crippen molar-refractivity contribution in [3.8, 4) is 0 Å². The molecule has 0 bridgehead atoms. The second-order valence-corrected chi connectivity index (χ2v) is 4.90. The molecule has 0 unspecified atom stereocenters. The molecule has 0 aliphatic rings. The molecule has 0 spiro atoms. The summed E-state index contributed by atoms with van der Waals surface area (Å²) >= 11 is 0. The first kappa shape index (κ1) is 37.9. The van der Waals surface area contributed by atoms with Gasteiger partial charge in [0.05, 0.1) is 21.6 Å². The van der Waals surface area contributed by atoms with Gasteiger partial charge in [-0.25, -0.2) is 9.36 Å². The molecule has 180 valence electrons. The molecule has 0 radical (unpaired) electrons. The summed E-state index contributed by atoms with van der Waals surface area (Å²) in [6, 6.07) is 3.75. The van der Waals surface area contributed by atoms with Crippen LogP contribution in [0.15, 0.2) is 12.1 Å². The molecular formula is C12H26N10NiO8+2. The quantitative estimate of drug-likeness (QED) is 0.0786. The summed E-state index contributed by atoms with van der Waals surface area (Å²) in [4.78, 5) is 16.5. The number of nitrogens with zero attached hydrogens (tertiary/aromatic N) is 6. The van der Waals surface area contributed by atoms with Crippen LogP contribution in [-0.4, -0.2) is 41.7 Å². The number of nitrogens with one attached hydrogen (secondary N) is 2. The number of hydrogen-bond donors (Lipinski definition) is 4. The number of aryl methyl sites for hydroxylation is 4. The number of nitrogen functional groups attached to an aromatic ring is 2. The maximum Gasteiger partial charge on any atom is 2.00 e. The topological polar surface area (TPSA) is 334 Å². The van der Waals surface area contributed by atoms with E-state index in [0.29, 0.717) is 0 Å². The molecule has 31 heavy (non-hydrogen) atoms. The van der Waals surface area contributed by atoms with Crippen molar-refractivity contribution in [2.24, 2.45) is 11.5 Å². The van der Waals surface area contributed by atoms with E-state index in [2.05, 4.69) is 10.2 Å². The average Bonchev–Trinajstić information content (AvgIpc) is 2.99. The van der Waals surface area contributed by atoms with Crippen molar-refractivity contribution < 1.29 is 37.6 Å². The molecule has 0 fully saturated rings.